The molecule has 1 amide bonds. The van der Waals surface area contributed by atoms with Crippen molar-refractivity contribution in [2.45, 2.75) is 18.9 Å². The third-order valence-corrected chi connectivity index (χ3v) is 4.18. The van der Waals surface area contributed by atoms with Crippen LogP contribution in [0.2, 0.25) is 0 Å². The van der Waals surface area contributed by atoms with E-state index in [2.05, 4.69) is 10.3 Å². The van der Waals surface area contributed by atoms with E-state index in [4.69, 9.17) is 0 Å². The lowest BCUT2D eigenvalue weighted by atomic mass is 10.0. The summed E-state index contributed by atoms with van der Waals surface area (Å²) in [5.41, 5.74) is 1.50. The van der Waals surface area contributed by atoms with Gasteiger partial charge in [-0.2, -0.15) is 0 Å². The Morgan fingerprint density at radius 1 is 1.15 bits per heavy atom. The van der Waals surface area contributed by atoms with E-state index in [0.29, 0.717) is 17.8 Å². The molecule has 4 nitrogen and oxygen atoms in total. The number of benzene rings is 2. The molecule has 3 rings (SSSR count). The standard InChI is InChI=1S/C20H19F2N3O/c1-25-12-11-23-20(25)19(15-8-9-16(21)17(22)13-15)24-18(26)10-7-14-5-3-2-4-6-14/h2-6,8-9,11-13,19H,7,10H2,1H3,(H,24,26). The van der Waals surface area contributed by atoms with E-state index < -0.39 is 17.7 Å². The van der Waals surface area contributed by atoms with Crippen LogP contribution in [0.15, 0.2) is 60.9 Å². The van der Waals surface area contributed by atoms with Gasteiger partial charge in [-0.3, -0.25) is 4.79 Å². The molecule has 0 aliphatic carbocycles. The van der Waals surface area contributed by atoms with Gasteiger partial charge in [-0.15, -0.1) is 0 Å². The molecule has 0 fully saturated rings. The number of hydrogen-bond acceptors (Lipinski definition) is 2. The van der Waals surface area contributed by atoms with Crippen molar-refractivity contribution in [3.63, 3.8) is 0 Å². The highest BCUT2D eigenvalue weighted by molar-refractivity contribution is 5.77. The molecule has 0 spiro atoms. The highest BCUT2D eigenvalue weighted by Crippen LogP contribution is 2.22. The monoisotopic (exact) mass is 355 g/mol. The first-order valence-electron chi connectivity index (χ1n) is 8.30. The van der Waals surface area contributed by atoms with E-state index in [-0.39, 0.29) is 12.3 Å². The Morgan fingerprint density at radius 3 is 2.58 bits per heavy atom. The largest absolute Gasteiger partial charge is 0.342 e. The van der Waals surface area contributed by atoms with E-state index in [0.717, 1.165) is 17.7 Å². The molecule has 1 unspecified atom stereocenters. The zero-order valence-corrected chi connectivity index (χ0v) is 14.3. The molecule has 0 saturated heterocycles. The smallest absolute Gasteiger partial charge is 0.221 e. The maximum Gasteiger partial charge on any atom is 0.221 e. The van der Waals surface area contributed by atoms with E-state index in [1.165, 1.54) is 6.07 Å². The van der Waals surface area contributed by atoms with Crippen LogP contribution in [-0.4, -0.2) is 15.5 Å². The van der Waals surface area contributed by atoms with Crippen molar-refractivity contribution < 1.29 is 13.6 Å². The number of aromatic nitrogens is 2. The van der Waals surface area contributed by atoms with Gasteiger partial charge in [0.05, 0.1) is 0 Å². The van der Waals surface area contributed by atoms with Gasteiger partial charge >= 0.3 is 0 Å². The number of imidazole rings is 1. The highest BCUT2D eigenvalue weighted by Gasteiger charge is 2.22. The van der Waals surface area contributed by atoms with Crippen LogP contribution in [0.25, 0.3) is 0 Å². The average molecular weight is 355 g/mol. The predicted molar refractivity (Wildman–Crippen MR) is 94.3 cm³/mol. The number of nitrogens with zero attached hydrogens (tertiary/aromatic N) is 2. The zero-order chi connectivity index (χ0) is 18.5. The summed E-state index contributed by atoms with van der Waals surface area (Å²) in [4.78, 5) is 16.7. The number of carbonyl (C=O) groups excluding carboxylic acids is 1. The average Bonchev–Trinajstić information content (AvgIpc) is 3.07. The van der Waals surface area contributed by atoms with Gasteiger partial charge in [0.2, 0.25) is 5.91 Å². The molecular formula is C20H19F2N3O. The fourth-order valence-electron chi connectivity index (χ4n) is 2.78. The molecule has 0 radical (unpaired) electrons. The molecule has 1 atom stereocenters. The SMILES string of the molecule is Cn1ccnc1C(NC(=O)CCc1ccccc1)c1ccc(F)c(F)c1. The lowest BCUT2D eigenvalue weighted by Crippen LogP contribution is -2.31. The molecule has 6 heteroatoms. The molecule has 0 aliphatic heterocycles. The first kappa shape index (κ1) is 17.8. The number of carbonyl (C=O) groups is 1. The molecule has 134 valence electrons. The van der Waals surface area contributed by atoms with E-state index in [1.807, 2.05) is 30.3 Å². The Labute approximate surface area is 150 Å². The Balaban J connectivity index is 1.78. The van der Waals surface area contributed by atoms with Crippen molar-refractivity contribution in [2.75, 3.05) is 0 Å². The number of hydrogen-bond donors (Lipinski definition) is 1. The summed E-state index contributed by atoms with van der Waals surface area (Å²) in [6.45, 7) is 0. The van der Waals surface area contributed by atoms with Gasteiger partial charge < -0.3 is 9.88 Å². The van der Waals surface area contributed by atoms with E-state index in [1.54, 1.807) is 24.0 Å². The summed E-state index contributed by atoms with van der Waals surface area (Å²) in [7, 11) is 1.78. The maximum atomic E-state index is 13.7. The van der Waals surface area contributed by atoms with Crippen LogP contribution < -0.4 is 5.32 Å². The van der Waals surface area contributed by atoms with Crippen LogP contribution in [0.4, 0.5) is 8.78 Å². The summed E-state index contributed by atoms with van der Waals surface area (Å²) in [6, 6.07) is 12.6. The molecule has 0 aliphatic rings. The molecule has 0 bridgehead atoms. The Morgan fingerprint density at radius 2 is 1.92 bits per heavy atom. The minimum Gasteiger partial charge on any atom is -0.342 e. The van der Waals surface area contributed by atoms with Gasteiger partial charge in [0, 0.05) is 25.9 Å². The van der Waals surface area contributed by atoms with Crippen molar-refractivity contribution in [1.82, 2.24) is 14.9 Å². The van der Waals surface area contributed by atoms with Gasteiger partial charge in [-0.05, 0) is 29.7 Å². The Bertz CT molecular complexity index is 893. The Kier molecular flexibility index (Phi) is 5.41. The van der Waals surface area contributed by atoms with Gasteiger partial charge in [0.1, 0.15) is 11.9 Å². The minimum atomic E-state index is -0.958. The molecule has 26 heavy (non-hydrogen) atoms. The van der Waals surface area contributed by atoms with Crippen LogP contribution in [0.3, 0.4) is 0 Å². The topological polar surface area (TPSA) is 46.9 Å². The van der Waals surface area contributed by atoms with Crippen molar-refractivity contribution in [2.24, 2.45) is 7.05 Å². The maximum absolute atomic E-state index is 13.7. The molecular weight excluding hydrogens is 336 g/mol. The third kappa shape index (κ3) is 4.14. The van der Waals surface area contributed by atoms with Crippen LogP contribution in [-0.2, 0) is 18.3 Å². The second-order valence-corrected chi connectivity index (χ2v) is 6.06. The van der Waals surface area contributed by atoms with Gasteiger partial charge in [0.25, 0.3) is 0 Å². The summed E-state index contributed by atoms with van der Waals surface area (Å²) >= 11 is 0. The van der Waals surface area contributed by atoms with Crippen molar-refractivity contribution in [1.29, 1.82) is 0 Å². The second-order valence-electron chi connectivity index (χ2n) is 6.06. The molecule has 0 saturated carbocycles. The second kappa shape index (κ2) is 7.91. The van der Waals surface area contributed by atoms with Gasteiger partial charge in [0.15, 0.2) is 11.6 Å². The summed E-state index contributed by atoms with van der Waals surface area (Å²) in [5.74, 6) is -1.53. The first-order valence-corrected chi connectivity index (χ1v) is 8.30. The fraction of sp³-hybridized carbons (Fsp3) is 0.200. The van der Waals surface area contributed by atoms with E-state index >= 15 is 0 Å². The Hall–Kier alpha value is -3.02. The molecule has 1 heterocycles. The quantitative estimate of drug-likeness (QED) is 0.735. The van der Waals surface area contributed by atoms with Crippen LogP contribution >= 0.6 is 0 Å². The minimum absolute atomic E-state index is 0.188. The van der Waals surface area contributed by atoms with Crippen LogP contribution in [0.1, 0.15) is 29.4 Å². The van der Waals surface area contributed by atoms with Gasteiger partial charge in [-0.25, -0.2) is 13.8 Å². The molecule has 1 aromatic heterocycles. The fourth-order valence-corrected chi connectivity index (χ4v) is 2.78. The molecule has 2 aromatic carbocycles. The number of rotatable bonds is 6. The predicted octanol–water partition coefficient (Wildman–Crippen LogP) is 3.54. The normalized spacial score (nSPS) is 12.0. The van der Waals surface area contributed by atoms with Crippen LogP contribution in [0.5, 0.6) is 0 Å². The third-order valence-electron chi connectivity index (χ3n) is 4.18. The number of amides is 1. The van der Waals surface area contributed by atoms with Crippen molar-refractivity contribution in [3.8, 4) is 0 Å². The van der Waals surface area contributed by atoms with Crippen molar-refractivity contribution >= 4 is 5.91 Å². The number of halogens is 2. The molecule has 3 aromatic rings. The van der Waals surface area contributed by atoms with E-state index in [9.17, 15) is 13.6 Å². The first-order chi connectivity index (χ1) is 12.5. The lowest BCUT2D eigenvalue weighted by molar-refractivity contribution is -0.121. The van der Waals surface area contributed by atoms with Crippen molar-refractivity contribution in [3.05, 3.63) is 89.5 Å². The number of nitrogens with one attached hydrogen (secondary N) is 1. The highest BCUT2D eigenvalue weighted by atomic mass is 19.2. The summed E-state index contributed by atoms with van der Waals surface area (Å²) < 4.78 is 28.7. The number of aryl methyl sites for hydroxylation is 2. The van der Waals surface area contributed by atoms with Gasteiger partial charge in [-0.1, -0.05) is 36.4 Å². The summed E-state index contributed by atoms with van der Waals surface area (Å²) in [6.07, 6.45) is 4.21. The lowest BCUT2D eigenvalue weighted by Gasteiger charge is -2.19. The van der Waals surface area contributed by atoms with Crippen LogP contribution in [0, 0.1) is 11.6 Å². The summed E-state index contributed by atoms with van der Waals surface area (Å²) in [5, 5.41) is 2.88. The molecule has 1 N–H and O–H groups in total. The zero-order valence-electron chi connectivity index (χ0n) is 14.3.